The lowest BCUT2D eigenvalue weighted by Gasteiger charge is -2.11. The van der Waals surface area contributed by atoms with Gasteiger partial charge in [-0.05, 0) is 43.7 Å². The fourth-order valence-corrected chi connectivity index (χ4v) is 3.45. The van der Waals surface area contributed by atoms with Gasteiger partial charge in [0.1, 0.15) is 0 Å². The first-order chi connectivity index (χ1) is 9.29. The number of benzene rings is 2. The van der Waals surface area contributed by atoms with E-state index in [1.165, 1.54) is 6.07 Å². The third kappa shape index (κ3) is 3.26. The summed E-state index contributed by atoms with van der Waals surface area (Å²) in [6, 6.07) is 9.76. The number of nitrogens with one attached hydrogen (secondary N) is 1. The monoisotopic (exact) mass is 329 g/mol. The maximum absolute atomic E-state index is 12.3. The zero-order valence-corrected chi connectivity index (χ0v) is 13.3. The van der Waals surface area contributed by atoms with Gasteiger partial charge in [0.25, 0.3) is 10.0 Å². The minimum absolute atomic E-state index is 0.245. The number of anilines is 1. The Balaban J connectivity index is 2.38. The average molecular weight is 330 g/mol. The van der Waals surface area contributed by atoms with E-state index in [-0.39, 0.29) is 4.90 Å². The molecule has 0 saturated carbocycles. The highest BCUT2D eigenvalue weighted by Crippen LogP contribution is 2.27. The number of aryl methyl sites for hydroxylation is 2. The molecule has 0 aliphatic heterocycles. The van der Waals surface area contributed by atoms with E-state index in [0.717, 1.165) is 5.56 Å². The molecule has 6 heteroatoms. The van der Waals surface area contributed by atoms with Crippen LogP contribution >= 0.6 is 23.2 Å². The van der Waals surface area contributed by atoms with Crippen molar-refractivity contribution in [1.29, 1.82) is 0 Å². The first kappa shape index (κ1) is 15.2. The van der Waals surface area contributed by atoms with Crippen LogP contribution < -0.4 is 4.72 Å². The Morgan fingerprint density at radius 2 is 1.65 bits per heavy atom. The Morgan fingerprint density at radius 3 is 2.25 bits per heavy atom. The molecule has 0 bridgehead atoms. The number of rotatable bonds is 3. The first-order valence-electron chi connectivity index (χ1n) is 5.85. The van der Waals surface area contributed by atoms with E-state index in [1.807, 2.05) is 13.0 Å². The second-order valence-corrected chi connectivity index (χ2v) is 6.97. The van der Waals surface area contributed by atoms with Gasteiger partial charge >= 0.3 is 0 Å². The summed E-state index contributed by atoms with van der Waals surface area (Å²) in [6.07, 6.45) is 0. The van der Waals surface area contributed by atoms with Gasteiger partial charge in [-0.1, -0.05) is 40.9 Å². The Labute approximate surface area is 128 Å². The Kier molecular flexibility index (Phi) is 4.28. The fraction of sp³-hybridized carbons (Fsp3) is 0.143. The lowest BCUT2D eigenvalue weighted by Crippen LogP contribution is -2.14. The summed E-state index contributed by atoms with van der Waals surface area (Å²) in [5, 5.41) is 0.675. The first-order valence-corrected chi connectivity index (χ1v) is 8.08. The highest BCUT2D eigenvalue weighted by Gasteiger charge is 2.17. The maximum atomic E-state index is 12.3. The molecular weight excluding hydrogens is 317 g/mol. The van der Waals surface area contributed by atoms with Crippen LogP contribution in [-0.2, 0) is 10.0 Å². The van der Waals surface area contributed by atoms with Crippen molar-refractivity contribution in [3.63, 3.8) is 0 Å². The lowest BCUT2D eigenvalue weighted by molar-refractivity contribution is 0.600. The lowest BCUT2D eigenvalue weighted by atomic mass is 10.2. The van der Waals surface area contributed by atoms with Gasteiger partial charge in [-0.3, -0.25) is 4.72 Å². The van der Waals surface area contributed by atoms with Gasteiger partial charge < -0.3 is 0 Å². The summed E-state index contributed by atoms with van der Waals surface area (Å²) in [5.74, 6) is 0. The molecule has 0 amide bonds. The van der Waals surface area contributed by atoms with Crippen molar-refractivity contribution >= 4 is 38.9 Å². The van der Waals surface area contributed by atoms with Crippen molar-refractivity contribution in [3.05, 3.63) is 57.6 Å². The fourth-order valence-electron chi connectivity index (χ4n) is 1.87. The van der Waals surface area contributed by atoms with E-state index >= 15 is 0 Å². The van der Waals surface area contributed by atoms with Crippen LogP contribution in [0.1, 0.15) is 11.1 Å². The predicted octanol–water partition coefficient (Wildman–Crippen LogP) is 4.41. The Morgan fingerprint density at radius 1 is 0.950 bits per heavy atom. The standard InChI is InChI=1S/C14H13Cl2NO2S/c1-9-3-6-14(10(2)7-9)20(18,19)17-11-4-5-12(15)13(16)8-11/h3-8,17H,1-2H3. The summed E-state index contributed by atoms with van der Waals surface area (Å²) in [4.78, 5) is 0.245. The molecule has 1 N–H and O–H groups in total. The molecule has 0 unspecified atom stereocenters. The van der Waals surface area contributed by atoms with E-state index in [4.69, 9.17) is 23.2 Å². The molecule has 3 nitrogen and oxygen atoms in total. The molecule has 0 aliphatic rings. The highest BCUT2D eigenvalue weighted by atomic mass is 35.5. The van der Waals surface area contributed by atoms with Crippen molar-refractivity contribution in [3.8, 4) is 0 Å². The van der Waals surface area contributed by atoms with Gasteiger partial charge in [-0.2, -0.15) is 0 Å². The highest BCUT2D eigenvalue weighted by molar-refractivity contribution is 7.92. The number of hydrogen-bond acceptors (Lipinski definition) is 2. The SMILES string of the molecule is Cc1ccc(S(=O)(=O)Nc2ccc(Cl)c(Cl)c2)c(C)c1. The van der Waals surface area contributed by atoms with Gasteiger partial charge in [0, 0.05) is 0 Å². The topological polar surface area (TPSA) is 46.2 Å². The third-order valence-electron chi connectivity index (χ3n) is 2.79. The van der Waals surface area contributed by atoms with Crippen molar-refractivity contribution in [2.75, 3.05) is 4.72 Å². The molecule has 0 aliphatic carbocycles. The van der Waals surface area contributed by atoms with Gasteiger partial charge in [0.15, 0.2) is 0 Å². The summed E-state index contributed by atoms with van der Waals surface area (Å²) in [5.41, 5.74) is 2.08. The minimum atomic E-state index is -3.64. The van der Waals surface area contributed by atoms with Crippen molar-refractivity contribution < 1.29 is 8.42 Å². The van der Waals surface area contributed by atoms with Gasteiger partial charge in [0.2, 0.25) is 0 Å². The Hall–Kier alpha value is -1.23. The number of hydrogen-bond donors (Lipinski definition) is 1. The molecule has 0 spiro atoms. The van der Waals surface area contributed by atoms with Gasteiger partial charge in [0.05, 0.1) is 20.6 Å². The third-order valence-corrected chi connectivity index (χ3v) is 5.07. The Bertz CT molecular complexity index is 758. The molecule has 0 aromatic heterocycles. The summed E-state index contributed by atoms with van der Waals surface area (Å²) >= 11 is 11.7. The maximum Gasteiger partial charge on any atom is 0.262 e. The number of sulfonamides is 1. The van der Waals surface area contributed by atoms with Gasteiger partial charge in [-0.25, -0.2) is 8.42 Å². The molecule has 0 atom stereocenters. The van der Waals surface area contributed by atoms with Crippen LogP contribution in [0.2, 0.25) is 10.0 Å². The van der Waals surface area contributed by atoms with Crippen LogP contribution in [0.5, 0.6) is 0 Å². The zero-order chi connectivity index (χ0) is 14.9. The molecule has 20 heavy (non-hydrogen) atoms. The van der Waals surface area contributed by atoms with Gasteiger partial charge in [-0.15, -0.1) is 0 Å². The average Bonchev–Trinajstić information content (AvgIpc) is 2.33. The van der Waals surface area contributed by atoms with Crippen molar-refractivity contribution in [2.45, 2.75) is 18.7 Å². The molecule has 0 heterocycles. The van der Waals surface area contributed by atoms with Crippen LogP contribution in [0.25, 0.3) is 0 Å². The van der Waals surface area contributed by atoms with Crippen LogP contribution in [0.15, 0.2) is 41.3 Å². The molecule has 106 valence electrons. The van der Waals surface area contributed by atoms with Crippen LogP contribution in [0.4, 0.5) is 5.69 Å². The quantitative estimate of drug-likeness (QED) is 0.906. The van der Waals surface area contributed by atoms with E-state index in [0.29, 0.717) is 21.3 Å². The summed E-state index contributed by atoms with van der Waals surface area (Å²) in [6.45, 7) is 3.67. The molecule has 0 saturated heterocycles. The minimum Gasteiger partial charge on any atom is -0.280 e. The second kappa shape index (κ2) is 5.64. The second-order valence-electron chi connectivity index (χ2n) is 4.50. The van der Waals surface area contributed by atoms with Crippen LogP contribution in [-0.4, -0.2) is 8.42 Å². The predicted molar refractivity (Wildman–Crippen MR) is 83.2 cm³/mol. The molecule has 2 aromatic carbocycles. The molecule has 0 fully saturated rings. The van der Waals surface area contributed by atoms with Crippen molar-refractivity contribution in [1.82, 2.24) is 0 Å². The van der Waals surface area contributed by atoms with Crippen LogP contribution in [0, 0.1) is 13.8 Å². The van der Waals surface area contributed by atoms with E-state index in [9.17, 15) is 8.42 Å². The number of halogens is 2. The van der Waals surface area contributed by atoms with Crippen molar-refractivity contribution in [2.24, 2.45) is 0 Å². The normalized spacial score (nSPS) is 11.4. The zero-order valence-electron chi connectivity index (χ0n) is 10.9. The molecular formula is C14H13Cl2NO2S. The molecule has 2 rings (SSSR count). The smallest absolute Gasteiger partial charge is 0.262 e. The molecule has 0 radical (unpaired) electrons. The van der Waals surface area contributed by atoms with E-state index in [2.05, 4.69) is 4.72 Å². The molecule has 2 aromatic rings. The summed E-state index contributed by atoms with van der Waals surface area (Å²) < 4.78 is 27.2. The largest absolute Gasteiger partial charge is 0.280 e. The van der Waals surface area contributed by atoms with E-state index < -0.39 is 10.0 Å². The van der Waals surface area contributed by atoms with E-state index in [1.54, 1.807) is 31.2 Å². The van der Waals surface area contributed by atoms with Crippen LogP contribution in [0.3, 0.4) is 0 Å². The summed E-state index contributed by atoms with van der Waals surface area (Å²) in [7, 11) is -3.64.